The van der Waals surface area contributed by atoms with Crippen molar-refractivity contribution in [1.82, 2.24) is 4.98 Å². The van der Waals surface area contributed by atoms with Crippen LogP contribution in [0.5, 0.6) is 0 Å². The zero-order chi connectivity index (χ0) is 18.0. The van der Waals surface area contributed by atoms with Crippen molar-refractivity contribution in [3.8, 4) is 0 Å². The van der Waals surface area contributed by atoms with Crippen molar-refractivity contribution in [3.05, 3.63) is 59.3 Å². The van der Waals surface area contributed by atoms with Gasteiger partial charge < -0.3 is 4.42 Å². The van der Waals surface area contributed by atoms with Crippen molar-refractivity contribution >= 4 is 33.9 Å². The molecule has 0 aliphatic heterocycles. The minimum Gasteiger partial charge on any atom is -0.437 e. The highest BCUT2D eigenvalue weighted by molar-refractivity contribution is 6.07. The van der Waals surface area contributed by atoms with Gasteiger partial charge >= 0.3 is 0 Å². The van der Waals surface area contributed by atoms with Crippen molar-refractivity contribution in [1.29, 1.82) is 0 Å². The number of nitrogens with zero attached hydrogens (tertiary/aromatic N) is 2. The second kappa shape index (κ2) is 7.06. The van der Waals surface area contributed by atoms with Gasteiger partial charge in [0.15, 0.2) is 0 Å². The highest BCUT2D eigenvalue weighted by atomic mass is 16.3. The molecular weight excluding hydrogens is 308 g/mol. The number of fused-ring (bicyclic) bond motifs is 3. The van der Waals surface area contributed by atoms with Gasteiger partial charge in [-0.1, -0.05) is 32.1 Å². The standard InChI is InChI=1S/C22H24N2O/c1-14(2)17(10-12-23-5)13-16(4)20-15(3)8-9-18-19-7-6-11-24-22(19)25-21(18)20/h6-14H,1-5H3/b16-13+,17-10+,23-12?. The van der Waals surface area contributed by atoms with Gasteiger partial charge in [-0.15, -0.1) is 0 Å². The van der Waals surface area contributed by atoms with Crippen LogP contribution in [-0.2, 0) is 0 Å². The maximum absolute atomic E-state index is 6.11. The quantitative estimate of drug-likeness (QED) is 0.435. The van der Waals surface area contributed by atoms with E-state index in [0.29, 0.717) is 11.6 Å². The lowest BCUT2D eigenvalue weighted by Crippen LogP contribution is -1.94. The summed E-state index contributed by atoms with van der Waals surface area (Å²) < 4.78 is 6.11. The molecule has 0 bridgehead atoms. The molecule has 0 spiro atoms. The molecule has 3 rings (SSSR count). The molecule has 2 aromatic heterocycles. The highest BCUT2D eigenvalue weighted by Crippen LogP contribution is 2.35. The lowest BCUT2D eigenvalue weighted by atomic mass is 9.94. The first-order valence-corrected chi connectivity index (χ1v) is 8.60. The van der Waals surface area contributed by atoms with Crippen LogP contribution in [-0.4, -0.2) is 18.2 Å². The summed E-state index contributed by atoms with van der Waals surface area (Å²) in [6, 6.07) is 8.29. The SMILES string of the molecule is CN=C/C=C(\C=C(/C)c1c(C)ccc2c1oc1ncccc12)C(C)C. The molecule has 25 heavy (non-hydrogen) atoms. The van der Waals surface area contributed by atoms with E-state index in [1.54, 1.807) is 13.2 Å². The molecule has 0 fully saturated rings. The smallest absolute Gasteiger partial charge is 0.227 e. The fourth-order valence-electron chi connectivity index (χ4n) is 3.15. The maximum atomic E-state index is 6.11. The van der Waals surface area contributed by atoms with Gasteiger partial charge in [-0.3, -0.25) is 4.99 Å². The molecule has 3 aromatic rings. The molecule has 0 atom stereocenters. The Morgan fingerprint density at radius 2 is 2.00 bits per heavy atom. The third-order valence-electron chi connectivity index (χ3n) is 4.49. The van der Waals surface area contributed by atoms with Crippen molar-refractivity contribution in [2.75, 3.05) is 7.05 Å². The fourth-order valence-corrected chi connectivity index (χ4v) is 3.15. The average Bonchev–Trinajstić information content (AvgIpc) is 2.96. The van der Waals surface area contributed by atoms with Crippen LogP contribution in [0.3, 0.4) is 0 Å². The van der Waals surface area contributed by atoms with Crippen LogP contribution in [0, 0.1) is 12.8 Å². The third kappa shape index (κ3) is 3.27. The molecule has 0 saturated carbocycles. The number of aliphatic imine (C=N–C) groups is 1. The molecule has 0 N–H and O–H groups in total. The number of rotatable bonds is 4. The Morgan fingerprint density at radius 3 is 2.72 bits per heavy atom. The van der Waals surface area contributed by atoms with Gasteiger partial charge in [-0.2, -0.15) is 0 Å². The van der Waals surface area contributed by atoms with Crippen molar-refractivity contribution < 1.29 is 4.42 Å². The Balaban J connectivity index is 2.23. The summed E-state index contributed by atoms with van der Waals surface area (Å²) in [5, 5.41) is 2.17. The van der Waals surface area contributed by atoms with Gasteiger partial charge in [0.25, 0.3) is 0 Å². The Morgan fingerprint density at radius 1 is 1.20 bits per heavy atom. The second-order valence-corrected chi connectivity index (χ2v) is 6.65. The first-order valence-electron chi connectivity index (χ1n) is 8.60. The Bertz CT molecular complexity index is 1000. The summed E-state index contributed by atoms with van der Waals surface area (Å²) >= 11 is 0. The number of hydrogen-bond donors (Lipinski definition) is 0. The highest BCUT2D eigenvalue weighted by Gasteiger charge is 2.15. The number of hydrogen-bond acceptors (Lipinski definition) is 3. The van der Waals surface area contributed by atoms with Gasteiger partial charge in [0.05, 0.1) is 0 Å². The van der Waals surface area contributed by atoms with Crippen LogP contribution < -0.4 is 0 Å². The van der Waals surface area contributed by atoms with Crippen LogP contribution >= 0.6 is 0 Å². The van der Waals surface area contributed by atoms with Crippen molar-refractivity contribution in [3.63, 3.8) is 0 Å². The molecule has 0 saturated heterocycles. The molecule has 0 aliphatic carbocycles. The molecule has 1 aromatic carbocycles. The maximum Gasteiger partial charge on any atom is 0.227 e. The monoisotopic (exact) mass is 332 g/mol. The lowest BCUT2D eigenvalue weighted by molar-refractivity contribution is 0.652. The van der Waals surface area contributed by atoms with Gasteiger partial charge in [0.2, 0.25) is 5.71 Å². The van der Waals surface area contributed by atoms with E-state index in [4.69, 9.17) is 4.42 Å². The Kier molecular flexibility index (Phi) is 4.84. The normalized spacial score (nSPS) is 13.7. The number of aryl methyl sites for hydroxylation is 1. The van der Waals surface area contributed by atoms with E-state index in [0.717, 1.165) is 21.9 Å². The Hall–Kier alpha value is -2.68. The largest absolute Gasteiger partial charge is 0.437 e. The van der Waals surface area contributed by atoms with E-state index in [9.17, 15) is 0 Å². The minimum atomic E-state index is 0.421. The molecule has 2 heterocycles. The van der Waals surface area contributed by atoms with E-state index < -0.39 is 0 Å². The zero-order valence-electron chi connectivity index (χ0n) is 15.5. The van der Waals surface area contributed by atoms with E-state index >= 15 is 0 Å². The van der Waals surface area contributed by atoms with E-state index in [1.165, 1.54) is 16.7 Å². The van der Waals surface area contributed by atoms with Crippen molar-refractivity contribution in [2.24, 2.45) is 10.9 Å². The molecule has 3 heteroatoms. The van der Waals surface area contributed by atoms with Crippen LogP contribution in [0.25, 0.3) is 27.6 Å². The van der Waals surface area contributed by atoms with E-state index in [1.807, 2.05) is 12.3 Å². The van der Waals surface area contributed by atoms with E-state index in [-0.39, 0.29) is 0 Å². The summed E-state index contributed by atoms with van der Waals surface area (Å²) in [5.74, 6) is 0.421. The number of furan rings is 1. The summed E-state index contributed by atoms with van der Waals surface area (Å²) in [6.07, 6.45) is 7.92. The van der Waals surface area contributed by atoms with Crippen LogP contribution in [0.4, 0.5) is 0 Å². The zero-order valence-corrected chi connectivity index (χ0v) is 15.5. The lowest BCUT2D eigenvalue weighted by Gasteiger charge is -2.11. The first kappa shape index (κ1) is 17.2. The van der Waals surface area contributed by atoms with Gasteiger partial charge in [0, 0.05) is 35.8 Å². The average molecular weight is 332 g/mol. The topological polar surface area (TPSA) is 38.4 Å². The second-order valence-electron chi connectivity index (χ2n) is 6.65. The first-order chi connectivity index (χ1) is 12.0. The van der Waals surface area contributed by atoms with Crippen LogP contribution in [0.1, 0.15) is 31.9 Å². The molecule has 128 valence electrons. The Labute approximate surface area is 148 Å². The molecular formula is C22H24N2O. The molecule has 0 amide bonds. The fraction of sp³-hybridized carbons (Fsp3) is 0.273. The number of aromatic nitrogens is 1. The van der Waals surface area contributed by atoms with Gasteiger partial charge in [0.1, 0.15) is 5.58 Å². The predicted molar refractivity (Wildman–Crippen MR) is 107 cm³/mol. The van der Waals surface area contributed by atoms with E-state index in [2.05, 4.69) is 68.0 Å². The summed E-state index contributed by atoms with van der Waals surface area (Å²) in [4.78, 5) is 8.44. The molecule has 0 aliphatic rings. The van der Waals surface area contributed by atoms with Gasteiger partial charge in [-0.25, -0.2) is 4.98 Å². The number of allylic oxidation sites excluding steroid dienone is 4. The summed E-state index contributed by atoms with van der Waals surface area (Å²) in [7, 11) is 1.79. The minimum absolute atomic E-state index is 0.421. The third-order valence-corrected chi connectivity index (χ3v) is 4.49. The number of benzene rings is 1. The number of pyridine rings is 1. The molecule has 0 radical (unpaired) electrons. The van der Waals surface area contributed by atoms with Crippen LogP contribution in [0.15, 0.2) is 57.6 Å². The predicted octanol–water partition coefficient (Wildman–Crippen LogP) is 5.98. The van der Waals surface area contributed by atoms with Crippen molar-refractivity contribution in [2.45, 2.75) is 27.7 Å². The molecule has 0 unspecified atom stereocenters. The van der Waals surface area contributed by atoms with Crippen LogP contribution in [0.2, 0.25) is 0 Å². The van der Waals surface area contributed by atoms with Gasteiger partial charge in [-0.05, 0) is 54.7 Å². The summed E-state index contributed by atoms with van der Waals surface area (Å²) in [5.41, 5.74) is 6.38. The molecule has 3 nitrogen and oxygen atoms in total. The summed E-state index contributed by atoms with van der Waals surface area (Å²) in [6.45, 7) is 8.65.